The Morgan fingerprint density at radius 1 is 1.22 bits per heavy atom. The van der Waals surface area contributed by atoms with E-state index in [4.69, 9.17) is 0 Å². The van der Waals surface area contributed by atoms with E-state index in [0.717, 1.165) is 12.1 Å². The summed E-state index contributed by atoms with van der Waals surface area (Å²) < 4.78 is 1.70. The molecule has 5 heteroatoms. The van der Waals surface area contributed by atoms with Crippen LogP contribution in [0.5, 0.6) is 0 Å². The summed E-state index contributed by atoms with van der Waals surface area (Å²) in [5.41, 5.74) is 1.14. The maximum Gasteiger partial charge on any atom is 0.102 e. The van der Waals surface area contributed by atoms with E-state index in [-0.39, 0.29) is 0 Å². The van der Waals surface area contributed by atoms with Crippen molar-refractivity contribution >= 4 is 11.3 Å². The Kier molecular flexibility index (Phi) is 4.61. The van der Waals surface area contributed by atoms with E-state index in [0.29, 0.717) is 6.54 Å². The standard InChI is InChI=1S/C18H21N3OS/c1-18(22,15-10-20-21(2)12-15)13-19-11-16-8-9-17(23-16)14-6-4-3-5-7-14/h3-10,12,19,22H,11,13H2,1-2H3. The molecule has 3 rings (SSSR count). The zero-order valence-electron chi connectivity index (χ0n) is 13.4. The van der Waals surface area contributed by atoms with Crippen LogP contribution in [0, 0.1) is 0 Å². The largest absolute Gasteiger partial charge is 0.384 e. The number of nitrogens with one attached hydrogen (secondary N) is 1. The molecule has 120 valence electrons. The van der Waals surface area contributed by atoms with Gasteiger partial charge in [0.1, 0.15) is 5.60 Å². The van der Waals surface area contributed by atoms with Crippen LogP contribution >= 0.6 is 11.3 Å². The van der Waals surface area contributed by atoms with Crippen LogP contribution in [-0.4, -0.2) is 21.4 Å². The van der Waals surface area contributed by atoms with Gasteiger partial charge in [0.15, 0.2) is 0 Å². The average Bonchev–Trinajstić information content (AvgIpc) is 3.17. The highest BCUT2D eigenvalue weighted by Crippen LogP contribution is 2.28. The molecule has 2 N–H and O–H groups in total. The smallest absolute Gasteiger partial charge is 0.102 e. The fourth-order valence-electron chi connectivity index (χ4n) is 2.46. The second-order valence-electron chi connectivity index (χ2n) is 5.91. The minimum Gasteiger partial charge on any atom is -0.384 e. The highest BCUT2D eigenvalue weighted by atomic mass is 32.1. The summed E-state index contributed by atoms with van der Waals surface area (Å²) in [6, 6.07) is 14.7. The number of nitrogens with zero attached hydrogens (tertiary/aromatic N) is 2. The van der Waals surface area contributed by atoms with Gasteiger partial charge in [0, 0.05) is 41.7 Å². The van der Waals surface area contributed by atoms with Crippen molar-refractivity contribution in [3.05, 3.63) is 65.3 Å². The second-order valence-corrected chi connectivity index (χ2v) is 7.08. The Bertz CT molecular complexity index is 761. The van der Waals surface area contributed by atoms with E-state index in [9.17, 15) is 5.11 Å². The molecule has 0 bridgehead atoms. The van der Waals surface area contributed by atoms with Crippen molar-refractivity contribution in [1.82, 2.24) is 15.1 Å². The molecule has 4 nitrogen and oxygen atoms in total. The van der Waals surface area contributed by atoms with Crippen molar-refractivity contribution in [3.8, 4) is 10.4 Å². The number of rotatable bonds is 6. The lowest BCUT2D eigenvalue weighted by molar-refractivity contribution is 0.0566. The molecule has 23 heavy (non-hydrogen) atoms. The van der Waals surface area contributed by atoms with E-state index in [1.165, 1.54) is 15.3 Å². The van der Waals surface area contributed by atoms with Gasteiger partial charge in [-0.25, -0.2) is 0 Å². The van der Waals surface area contributed by atoms with Crippen LogP contribution in [0.1, 0.15) is 17.4 Å². The molecular formula is C18H21N3OS. The lowest BCUT2D eigenvalue weighted by atomic mass is 10.00. The van der Waals surface area contributed by atoms with Gasteiger partial charge in [-0.3, -0.25) is 4.68 Å². The minimum absolute atomic E-state index is 0.483. The van der Waals surface area contributed by atoms with Gasteiger partial charge in [0.05, 0.1) is 6.20 Å². The maximum absolute atomic E-state index is 10.5. The number of aliphatic hydroxyl groups is 1. The molecule has 0 fully saturated rings. The lowest BCUT2D eigenvalue weighted by Crippen LogP contribution is -2.34. The van der Waals surface area contributed by atoms with Gasteiger partial charge in [-0.15, -0.1) is 11.3 Å². The van der Waals surface area contributed by atoms with Crippen molar-refractivity contribution in [2.75, 3.05) is 6.54 Å². The Morgan fingerprint density at radius 2 is 2.00 bits per heavy atom. The maximum atomic E-state index is 10.5. The summed E-state index contributed by atoms with van der Waals surface area (Å²) in [6.45, 7) is 3.03. The van der Waals surface area contributed by atoms with Gasteiger partial charge in [-0.05, 0) is 24.6 Å². The first-order chi connectivity index (χ1) is 11.0. The van der Waals surface area contributed by atoms with Gasteiger partial charge in [-0.1, -0.05) is 30.3 Å². The summed E-state index contributed by atoms with van der Waals surface area (Å²) in [5, 5.41) is 18.0. The fourth-order valence-corrected chi connectivity index (χ4v) is 3.44. The zero-order valence-corrected chi connectivity index (χ0v) is 14.2. The molecule has 1 unspecified atom stereocenters. The third-order valence-electron chi connectivity index (χ3n) is 3.82. The number of hydrogen-bond donors (Lipinski definition) is 2. The molecular weight excluding hydrogens is 306 g/mol. The van der Waals surface area contributed by atoms with Crippen LogP contribution in [-0.2, 0) is 19.2 Å². The fraction of sp³-hybridized carbons (Fsp3) is 0.278. The third kappa shape index (κ3) is 3.88. The first kappa shape index (κ1) is 15.9. The van der Waals surface area contributed by atoms with Crippen molar-refractivity contribution in [2.24, 2.45) is 7.05 Å². The molecule has 0 aliphatic heterocycles. The SMILES string of the molecule is Cn1cc(C(C)(O)CNCc2ccc(-c3ccccc3)s2)cn1. The molecule has 0 amide bonds. The molecule has 0 saturated heterocycles. The Hall–Kier alpha value is -1.95. The predicted molar refractivity (Wildman–Crippen MR) is 94.2 cm³/mol. The third-order valence-corrected chi connectivity index (χ3v) is 4.95. The van der Waals surface area contributed by atoms with E-state index in [1.807, 2.05) is 19.3 Å². The van der Waals surface area contributed by atoms with Gasteiger partial charge >= 0.3 is 0 Å². The van der Waals surface area contributed by atoms with Gasteiger partial charge < -0.3 is 10.4 Å². The van der Waals surface area contributed by atoms with Crippen LogP contribution in [0.3, 0.4) is 0 Å². The molecule has 1 aromatic carbocycles. The van der Waals surface area contributed by atoms with Gasteiger partial charge in [0.25, 0.3) is 0 Å². The summed E-state index contributed by atoms with van der Waals surface area (Å²) in [7, 11) is 1.85. The van der Waals surface area contributed by atoms with E-state index >= 15 is 0 Å². The van der Waals surface area contributed by atoms with Crippen LogP contribution in [0.15, 0.2) is 54.9 Å². The Morgan fingerprint density at radius 3 is 2.70 bits per heavy atom. The normalized spacial score (nSPS) is 13.9. The lowest BCUT2D eigenvalue weighted by Gasteiger charge is -2.22. The molecule has 3 aromatic rings. The number of aryl methyl sites for hydroxylation is 1. The number of thiophene rings is 1. The summed E-state index contributed by atoms with van der Waals surface area (Å²) in [6.07, 6.45) is 3.56. The highest BCUT2D eigenvalue weighted by molar-refractivity contribution is 7.15. The van der Waals surface area contributed by atoms with Crippen molar-refractivity contribution in [2.45, 2.75) is 19.1 Å². The molecule has 1 atom stereocenters. The van der Waals surface area contributed by atoms with Crippen molar-refractivity contribution < 1.29 is 5.11 Å². The summed E-state index contributed by atoms with van der Waals surface area (Å²) in [4.78, 5) is 2.52. The summed E-state index contributed by atoms with van der Waals surface area (Å²) >= 11 is 1.78. The van der Waals surface area contributed by atoms with Crippen molar-refractivity contribution in [3.63, 3.8) is 0 Å². The Balaban J connectivity index is 1.58. The monoisotopic (exact) mass is 327 g/mol. The van der Waals surface area contributed by atoms with Crippen LogP contribution in [0.25, 0.3) is 10.4 Å². The first-order valence-electron chi connectivity index (χ1n) is 7.61. The van der Waals surface area contributed by atoms with E-state index < -0.39 is 5.60 Å². The number of benzene rings is 1. The van der Waals surface area contributed by atoms with E-state index in [1.54, 1.807) is 29.1 Å². The minimum atomic E-state index is -0.923. The second kappa shape index (κ2) is 6.66. The zero-order chi connectivity index (χ0) is 16.3. The molecule has 2 heterocycles. The predicted octanol–water partition coefficient (Wildman–Crippen LogP) is 3.15. The first-order valence-corrected chi connectivity index (χ1v) is 8.42. The molecule has 0 aliphatic rings. The molecule has 0 spiro atoms. The quantitative estimate of drug-likeness (QED) is 0.731. The van der Waals surface area contributed by atoms with Gasteiger partial charge in [-0.2, -0.15) is 5.10 Å². The molecule has 0 aliphatic carbocycles. The van der Waals surface area contributed by atoms with E-state index in [2.05, 4.69) is 46.8 Å². The van der Waals surface area contributed by atoms with Crippen LogP contribution < -0.4 is 5.32 Å². The van der Waals surface area contributed by atoms with Crippen molar-refractivity contribution in [1.29, 1.82) is 0 Å². The number of hydrogen-bond acceptors (Lipinski definition) is 4. The highest BCUT2D eigenvalue weighted by Gasteiger charge is 2.24. The van der Waals surface area contributed by atoms with Gasteiger partial charge in [0.2, 0.25) is 0 Å². The van der Waals surface area contributed by atoms with Crippen LogP contribution in [0.2, 0.25) is 0 Å². The Labute approximate surface area is 140 Å². The average molecular weight is 327 g/mol. The molecule has 0 radical (unpaired) electrons. The summed E-state index contributed by atoms with van der Waals surface area (Å²) in [5.74, 6) is 0. The molecule has 2 aromatic heterocycles. The van der Waals surface area contributed by atoms with Crippen LogP contribution in [0.4, 0.5) is 0 Å². The number of aromatic nitrogens is 2. The molecule has 0 saturated carbocycles. The topological polar surface area (TPSA) is 50.1 Å².